The van der Waals surface area contributed by atoms with Gasteiger partial charge in [0.15, 0.2) is 23.2 Å². The van der Waals surface area contributed by atoms with Gasteiger partial charge in [-0.25, -0.2) is 8.78 Å². The van der Waals surface area contributed by atoms with Crippen LogP contribution in [0.1, 0.15) is 43.9 Å². The van der Waals surface area contributed by atoms with E-state index in [1.807, 2.05) is 6.92 Å². The van der Waals surface area contributed by atoms with Crippen molar-refractivity contribution in [3.05, 3.63) is 74.4 Å². The number of carbonyl (C=O) groups excluding carboxylic acids is 3. The van der Waals surface area contributed by atoms with Crippen molar-refractivity contribution in [2.24, 2.45) is 5.92 Å². The second-order valence-electron chi connectivity index (χ2n) is 10.4. The van der Waals surface area contributed by atoms with Gasteiger partial charge in [0.1, 0.15) is 12.6 Å². The number of halogens is 4. The lowest BCUT2D eigenvalue weighted by molar-refractivity contribution is -0.135. The SMILES string of the molecule is CC[C@H](C)C(C(=O)NC(CC(=O)N(C)C)C(=O)COc1c(F)c(C)c(C)c(F)c1F)n1ccc2ccc(Cl)cc2c1=O. The normalized spacial score (nSPS) is 13.4. The van der Waals surface area contributed by atoms with Crippen LogP contribution in [0.2, 0.25) is 5.02 Å². The summed E-state index contributed by atoms with van der Waals surface area (Å²) in [6.45, 7) is 5.05. The number of nitrogens with one attached hydrogen (secondary N) is 1. The first-order valence-electron chi connectivity index (χ1n) is 13.3. The summed E-state index contributed by atoms with van der Waals surface area (Å²) in [5.74, 6) is -7.70. The topological polar surface area (TPSA) is 97.7 Å². The number of aromatic nitrogens is 1. The summed E-state index contributed by atoms with van der Waals surface area (Å²) in [4.78, 5) is 54.1. The van der Waals surface area contributed by atoms with Gasteiger partial charge in [-0.15, -0.1) is 0 Å². The van der Waals surface area contributed by atoms with Gasteiger partial charge in [0, 0.05) is 30.7 Å². The van der Waals surface area contributed by atoms with Crippen molar-refractivity contribution in [3.63, 3.8) is 0 Å². The van der Waals surface area contributed by atoms with Crippen molar-refractivity contribution in [1.82, 2.24) is 14.8 Å². The lowest BCUT2D eigenvalue weighted by Crippen LogP contribution is -2.50. The summed E-state index contributed by atoms with van der Waals surface area (Å²) in [6, 6.07) is 3.90. The van der Waals surface area contributed by atoms with E-state index in [0.717, 1.165) is 0 Å². The Balaban J connectivity index is 1.95. The minimum absolute atomic E-state index is 0.192. The highest BCUT2D eigenvalue weighted by Gasteiger charge is 2.33. The van der Waals surface area contributed by atoms with Crippen molar-refractivity contribution >= 4 is 40.0 Å². The largest absolute Gasteiger partial charge is 0.480 e. The van der Waals surface area contributed by atoms with E-state index in [2.05, 4.69) is 5.32 Å². The molecule has 1 heterocycles. The molecule has 0 saturated heterocycles. The predicted molar refractivity (Wildman–Crippen MR) is 153 cm³/mol. The lowest BCUT2D eigenvalue weighted by atomic mass is 9.96. The Morgan fingerprint density at radius 2 is 1.69 bits per heavy atom. The molecule has 0 radical (unpaired) electrons. The highest BCUT2D eigenvalue weighted by atomic mass is 35.5. The van der Waals surface area contributed by atoms with Gasteiger partial charge in [0.25, 0.3) is 5.56 Å². The van der Waals surface area contributed by atoms with E-state index in [0.29, 0.717) is 22.2 Å². The third-order valence-electron chi connectivity index (χ3n) is 7.40. The maximum absolute atomic E-state index is 14.7. The zero-order valence-electron chi connectivity index (χ0n) is 24.2. The summed E-state index contributed by atoms with van der Waals surface area (Å²) in [5.41, 5.74) is -0.913. The molecule has 226 valence electrons. The molecule has 3 atom stereocenters. The van der Waals surface area contributed by atoms with Crippen LogP contribution in [0.15, 0.2) is 35.3 Å². The highest BCUT2D eigenvalue weighted by Crippen LogP contribution is 2.30. The van der Waals surface area contributed by atoms with Gasteiger partial charge in [0.05, 0.1) is 12.5 Å². The summed E-state index contributed by atoms with van der Waals surface area (Å²) in [5, 5.41) is 3.79. The van der Waals surface area contributed by atoms with Crippen LogP contribution >= 0.6 is 11.6 Å². The second-order valence-corrected chi connectivity index (χ2v) is 10.9. The monoisotopic (exact) mass is 607 g/mol. The number of Topliss-reactive ketones (excluding diaryl/α,β-unsaturated/α-hetero) is 1. The molecule has 0 aliphatic carbocycles. The third kappa shape index (κ3) is 6.78. The zero-order chi connectivity index (χ0) is 31.5. The Hall–Kier alpha value is -3.86. The molecule has 2 unspecified atom stereocenters. The van der Waals surface area contributed by atoms with Crippen LogP contribution in [-0.4, -0.2) is 53.8 Å². The van der Waals surface area contributed by atoms with Crippen LogP contribution in [0, 0.1) is 37.2 Å². The number of hydrogen-bond donors (Lipinski definition) is 1. The standard InChI is InChI=1S/C30H33ClF3N3O5/c1-7-15(2)27(37-11-10-18-8-9-19(31)12-20(18)30(37)41)29(40)35-21(13-23(39)36(5)6)22(38)14-42-28-25(33)17(4)16(3)24(32)26(28)34/h8-12,15,21,27H,7,13-14H2,1-6H3,(H,35,40)/t15-,21?,27?/m0/s1. The van der Waals surface area contributed by atoms with Gasteiger partial charge < -0.3 is 19.5 Å². The summed E-state index contributed by atoms with van der Waals surface area (Å²) < 4.78 is 49.6. The average Bonchev–Trinajstić information content (AvgIpc) is 2.95. The van der Waals surface area contributed by atoms with Crippen LogP contribution in [0.4, 0.5) is 13.2 Å². The number of carbonyl (C=O) groups is 3. The molecule has 12 heteroatoms. The molecule has 0 saturated carbocycles. The average molecular weight is 608 g/mol. The minimum atomic E-state index is -1.60. The number of ketones is 1. The van der Waals surface area contributed by atoms with Crippen LogP contribution in [0.3, 0.4) is 0 Å². The maximum Gasteiger partial charge on any atom is 0.259 e. The number of rotatable bonds is 11. The zero-order valence-corrected chi connectivity index (χ0v) is 24.9. The molecule has 2 aromatic carbocycles. The fourth-order valence-electron chi connectivity index (χ4n) is 4.42. The Kier molecular flexibility index (Phi) is 10.4. The minimum Gasteiger partial charge on any atom is -0.480 e. The van der Waals surface area contributed by atoms with E-state index in [9.17, 15) is 32.3 Å². The molecular weight excluding hydrogens is 575 g/mol. The number of fused-ring (bicyclic) bond motifs is 1. The maximum atomic E-state index is 14.7. The smallest absolute Gasteiger partial charge is 0.259 e. The number of amides is 2. The summed E-state index contributed by atoms with van der Waals surface area (Å²) in [6.07, 6.45) is 1.45. The van der Waals surface area contributed by atoms with Crippen molar-refractivity contribution < 1.29 is 32.3 Å². The van der Waals surface area contributed by atoms with Crippen LogP contribution in [-0.2, 0) is 14.4 Å². The van der Waals surface area contributed by atoms with Crippen molar-refractivity contribution in [1.29, 1.82) is 0 Å². The molecule has 2 amide bonds. The van der Waals surface area contributed by atoms with Crippen molar-refractivity contribution in [2.45, 2.75) is 52.6 Å². The van der Waals surface area contributed by atoms with E-state index < -0.39 is 77.4 Å². The summed E-state index contributed by atoms with van der Waals surface area (Å²) in [7, 11) is 2.90. The first-order chi connectivity index (χ1) is 19.7. The molecule has 0 aliphatic heterocycles. The second kappa shape index (κ2) is 13.4. The molecule has 42 heavy (non-hydrogen) atoms. The molecule has 3 rings (SSSR count). The molecule has 3 aromatic rings. The van der Waals surface area contributed by atoms with Gasteiger partial charge in [-0.1, -0.05) is 37.9 Å². The van der Waals surface area contributed by atoms with Crippen LogP contribution in [0.25, 0.3) is 10.8 Å². The molecule has 0 fully saturated rings. The first-order valence-corrected chi connectivity index (χ1v) is 13.7. The van der Waals surface area contributed by atoms with Gasteiger partial charge in [-0.05, 0) is 54.5 Å². The molecule has 8 nitrogen and oxygen atoms in total. The van der Waals surface area contributed by atoms with Crippen LogP contribution < -0.4 is 15.6 Å². The molecule has 0 spiro atoms. The van der Waals surface area contributed by atoms with Gasteiger partial charge >= 0.3 is 0 Å². The quantitative estimate of drug-likeness (QED) is 0.313. The molecule has 1 N–H and O–H groups in total. The number of pyridine rings is 1. The molecule has 1 aromatic heterocycles. The van der Waals surface area contributed by atoms with E-state index in [-0.39, 0.29) is 11.1 Å². The Bertz CT molecular complexity index is 1560. The molecule has 0 aliphatic rings. The molecular formula is C30H33ClF3N3O5. The fraction of sp³-hybridized carbons (Fsp3) is 0.400. The van der Waals surface area contributed by atoms with E-state index in [1.54, 1.807) is 25.1 Å². The van der Waals surface area contributed by atoms with Crippen molar-refractivity contribution in [2.75, 3.05) is 20.7 Å². The first kappa shape index (κ1) is 32.7. The lowest BCUT2D eigenvalue weighted by Gasteiger charge is -2.27. The number of nitrogens with zero attached hydrogens (tertiary/aromatic N) is 2. The van der Waals surface area contributed by atoms with E-state index >= 15 is 0 Å². The van der Waals surface area contributed by atoms with Crippen LogP contribution in [0.5, 0.6) is 5.75 Å². The number of benzene rings is 2. The molecule has 0 bridgehead atoms. The van der Waals surface area contributed by atoms with E-state index in [1.165, 1.54) is 49.7 Å². The van der Waals surface area contributed by atoms with E-state index in [4.69, 9.17) is 16.3 Å². The number of hydrogen-bond acceptors (Lipinski definition) is 5. The fourth-order valence-corrected chi connectivity index (χ4v) is 4.59. The summed E-state index contributed by atoms with van der Waals surface area (Å²) >= 11 is 6.09. The Labute approximate surface area is 246 Å². The Morgan fingerprint density at radius 1 is 1.05 bits per heavy atom. The Morgan fingerprint density at radius 3 is 2.31 bits per heavy atom. The van der Waals surface area contributed by atoms with Gasteiger partial charge in [0.2, 0.25) is 17.6 Å². The van der Waals surface area contributed by atoms with Crippen molar-refractivity contribution in [3.8, 4) is 5.75 Å². The number of ether oxygens (including phenoxy) is 1. The highest BCUT2D eigenvalue weighted by molar-refractivity contribution is 6.31. The third-order valence-corrected chi connectivity index (χ3v) is 7.64. The van der Waals surface area contributed by atoms with Gasteiger partial charge in [-0.2, -0.15) is 4.39 Å². The predicted octanol–water partition coefficient (Wildman–Crippen LogP) is 4.89. The van der Waals surface area contributed by atoms with Gasteiger partial charge in [-0.3, -0.25) is 19.2 Å².